The molecule has 0 aromatic heterocycles. The van der Waals surface area contributed by atoms with Gasteiger partial charge in [0.2, 0.25) is 0 Å². The van der Waals surface area contributed by atoms with Gasteiger partial charge < -0.3 is 4.90 Å². The first kappa shape index (κ1) is 35.9. The Morgan fingerprint density at radius 3 is 2.04 bits per heavy atom. The molecule has 0 bridgehead atoms. The van der Waals surface area contributed by atoms with E-state index in [0.717, 1.165) is 28.7 Å². The SMILES string of the molecule is C=C/C=C(C=C)/C(c1ccccc1C)=c1\cccc\c1=C(\C)c1ccc2c(c1)C/C(=C\C=C(/C=C)c1ccccc1)N2c1ccccc1C(C)(C)C. The lowest BCUT2D eigenvalue weighted by molar-refractivity contribution is 0.590. The average Bonchev–Trinajstić information content (AvgIpc) is 3.53. The maximum Gasteiger partial charge on any atom is 0.0495 e. The van der Waals surface area contributed by atoms with Crippen LogP contribution in [0.2, 0.25) is 0 Å². The van der Waals surface area contributed by atoms with Crippen molar-refractivity contribution in [2.45, 2.75) is 46.5 Å². The lowest BCUT2D eigenvalue weighted by Gasteiger charge is -2.30. The van der Waals surface area contributed by atoms with Crippen LogP contribution >= 0.6 is 0 Å². The Hall–Kier alpha value is -5.92. The van der Waals surface area contributed by atoms with Crippen LogP contribution in [-0.4, -0.2) is 0 Å². The molecule has 0 atom stereocenters. The molecule has 6 rings (SSSR count). The van der Waals surface area contributed by atoms with Crippen molar-refractivity contribution < 1.29 is 0 Å². The van der Waals surface area contributed by atoms with Gasteiger partial charge in [0, 0.05) is 23.5 Å². The molecule has 0 saturated heterocycles. The fourth-order valence-electron chi connectivity index (χ4n) is 7.30. The Bertz CT molecular complexity index is 2370. The van der Waals surface area contributed by atoms with Crippen LogP contribution in [0.1, 0.15) is 61.1 Å². The standard InChI is InChI=1S/C51H49N/c1-9-21-39(11-3)50(44-25-16-15-22-36(44)4)46-27-18-17-26-45(46)37(5)41-31-33-48-42(34-41)35-43(32-30-38(10-2)40-23-13-12-14-24-40)52(48)49-29-20-19-28-47(49)51(6,7)8/h9-34H,1-3,35H2,4-8H3/b38-30+,39-21+,43-32+,45-37+,50-46-. The number of aryl methyl sites for hydroxylation is 1. The molecule has 5 aromatic rings. The van der Waals surface area contributed by atoms with Crippen molar-refractivity contribution in [1.82, 2.24) is 0 Å². The number of rotatable bonds is 9. The molecule has 0 aliphatic carbocycles. The quantitative estimate of drug-likeness (QED) is 0.141. The molecule has 5 aromatic carbocycles. The minimum atomic E-state index is -0.0275. The number of fused-ring (bicyclic) bond motifs is 1. The van der Waals surface area contributed by atoms with Crippen LogP contribution in [0.5, 0.6) is 0 Å². The minimum Gasteiger partial charge on any atom is -0.313 e. The van der Waals surface area contributed by atoms with E-state index < -0.39 is 0 Å². The summed E-state index contributed by atoms with van der Waals surface area (Å²) < 4.78 is 0. The summed E-state index contributed by atoms with van der Waals surface area (Å²) in [5.41, 5.74) is 15.6. The lowest BCUT2D eigenvalue weighted by Crippen LogP contribution is -2.29. The summed E-state index contributed by atoms with van der Waals surface area (Å²) in [5, 5.41) is 2.37. The van der Waals surface area contributed by atoms with Crippen LogP contribution in [0.3, 0.4) is 0 Å². The largest absolute Gasteiger partial charge is 0.313 e. The predicted molar refractivity (Wildman–Crippen MR) is 226 cm³/mol. The van der Waals surface area contributed by atoms with Crippen molar-refractivity contribution in [2.24, 2.45) is 0 Å². The van der Waals surface area contributed by atoms with Crippen LogP contribution < -0.4 is 15.3 Å². The molecular weight excluding hydrogens is 627 g/mol. The lowest BCUT2D eigenvalue weighted by atomic mass is 9.85. The third kappa shape index (κ3) is 7.27. The van der Waals surface area contributed by atoms with Gasteiger partial charge in [0.05, 0.1) is 0 Å². The Labute approximate surface area is 311 Å². The number of para-hydroxylation sites is 1. The van der Waals surface area contributed by atoms with Crippen LogP contribution in [0.4, 0.5) is 11.4 Å². The van der Waals surface area contributed by atoms with Crippen molar-refractivity contribution >= 4 is 28.1 Å². The summed E-state index contributed by atoms with van der Waals surface area (Å²) in [7, 11) is 0. The third-order valence-corrected chi connectivity index (χ3v) is 9.97. The van der Waals surface area contributed by atoms with E-state index in [4.69, 9.17) is 0 Å². The van der Waals surface area contributed by atoms with E-state index in [2.05, 4.69) is 193 Å². The van der Waals surface area contributed by atoms with E-state index in [-0.39, 0.29) is 5.41 Å². The van der Waals surface area contributed by atoms with Crippen LogP contribution in [0.15, 0.2) is 189 Å². The van der Waals surface area contributed by atoms with Gasteiger partial charge in [-0.15, -0.1) is 0 Å². The summed E-state index contributed by atoms with van der Waals surface area (Å²) in [5.74, 6) is 0. The average molecular weight is 676 g/mol. The van der Waals surface area contributed by atoms with Crippen molar-refractivity contribution in [2.75, 3.05) is 4.90 Å². The van der Waals surface area contributed by atoms with E-state index >= 15 is 0 Å². The molecule has 1 heterocycles. The Morgan fingerprint density at radius 2 is 1.35 bits per heavy atom. The Balaban J connectivity index is 1.58. The highest BCUT2D eigenvalue weighted by molar-refractivity contribution is 5.85. The fraction of sp³-hybridized carbons (Fsp3) is 0.137. The van der Waals surface area contributed by atoms with Gasteiger partial charge in [0.15, 0.2) is 0 Å². The zero-order valence-electron chi connectivity index (χ0n) is 31.3. The second-order valence-electron chi connectivity index (χ2n) is 14.4. The third-order valence-electron chi connectivity index (χ3n) is 9.97. The summed E-state index contributed by atoms with van der Waals surface area (Å²) in [4.78, 5) is 2.46. The van der Waals surface area contributed by atoms with E-state index in [1.54, 1.807) is 0 Å². The van der Waals surface area contributed by atoms with E-state index in [1.807, 2.05) is 24.3 Å². The highest BCUT2D eigenvalue weighted by Crippen LogP contribution is 2.45. The molecule has 1 aliphatic heterocycles. The first-order valence-corrected chi connectivity index (χ1v) is 18.1. The number of allylic oxidation sites excluding steroid dienone is 9. The number of anilines is 2. The smallest absolute Gasteiger partial charge is 0.0495 e. The van der Waals surface area contributed by atoms with Gasteiger partial charge >= 0.3 is 0 Å². The normalized spacial score (nSPS) is 15.2. The van der Waals surface area contributed by atoms with E-state index in [0.29, 0.717) is 0 Å². The summed E-state index contributed by atoms with van der Waals surface area (Å²) >= 11 is 0. The number of hydrogen-bond donors (Lipinski definition) is 0. The fourth-order valence-corrected chi connectivity index (χ4v) is 7.30. The molecule has 0 fully saturated rings. The van der Waals surface area contributed by atoms with Gasteiger partial charge in [-0.3, -0.25) is 0 Å². The molecule has 1 heteroatoms. The molecule has 0 N–H and O–H groups in total. The molecule has 52 heavy (non-hydrogen) atoms. The van der Waals surface area contributed by atoms with Crippen molar-refractivity contribution in [3.63, 3.8) is 0 Å². The second kappa shape index (κ2) is 15.5. The molecule has 0 unspecified atom stereocenters. The zero-order chi connectivity index (χ0) is 36.8. The molecule has 0 spiro atoms. The number of benzene rings is 5. The Kier molecular flexibility index (Phi) is 10.7. The highest BCUT2D eigenvalue weighted by atomic mass is 15.2. The van der Waals surface area contributed by atoms with Gasteiger partial charge in [0.25, 0.3) is 0 Å². The maximum atomic E-state index is 4.20. The van der Waals surface area contributed by atoms with Crippen molar-refractivity contribution in [3.05, 3.63) is 233 Å². The first-order valence-electron chi connectivity index (χ1n) is 18.1. The van der Waals surface area contributed by atoms with Crippen LogP contribution in [0, 0.1) is 6.92 Å². The molecule has 258 valence electrons. The summed E-state index contributed by atoms with van der Waals surface area (Å²) in [6.07, 6.45) is 13.1. The number of hydrogen-bond acceptors (Lipinski definition) is 1. The summed E-state index contributed by atoms with van der Waals surface area (Å²) in [6, 6.07) is 43.6. The molecule has 0 radical (unpaired) electrons. The topological polar surface area (TPSA) is 3.24 Å². The maximum absolute atomic E-state index is 4.20. The number of nitrogens with zero attached hydrogens (tertiary/aromatic N) is 1. The van der Waals surface area contributed by atoms with E-state index in [9.17, 15) is 0 Å². The monoisotopic (exact) mass is 675 g/mol. The second-order valence-corrected chi connectivity index (χ2v) is 14.4. The first-order chi connectivity index (χ1) is 25.2. The molecule has 0 saturated carbocycles. The molecule has 0 amide bonds. The van der Waals surface area contributed by atoms with Gasteiger partial charge in [-0.05, 0) is 110 Å². The van der Waals surface area contributed by atoms with Gasteiger partial charge in [0.1, 0.15) is 0 Å². The predicted octanol–water partition coefficient (Wildman–Crippen LogP) is 11.9. The summed E-state index contributed by atoms with van der Waals surface area (Å²) in [6.45, 7) is 23.7. The van der Waals surface area contributed by atoms with Crippen molar-refractivity contribution in [1.29, 1.82) is 0 Å². The molecule has 1 nitrogen and oxygen atoms in total. The molecule has 1 aliphatic rings. The van der Waals surface area contributed by atoms with Gasteiger partial charge in [-0.1, -0.05) is 174 Å². The van der Waals surface area contributed by atoms with Crippen LogP contribution in [-0.2, 0) is 11.8 Å². The van der Waals surface area contributed by atoms with Crippen LogP contribution in [0.25, 0.3) is 16.7 Å². The molecular formula is C51H49N. The van der Waals surface area contributed by atoms with Gasteiger partial charge in [-0.2, -0.15) is 0 Å². The Morgan fingerprint density at radius 1 is 0.673 bits per heavy atom. The van der Waals surface area contributed by atoms with Crippen molar-refractivity contribution in [3.8, 4) is 0 Å². The zero-order valence-corrected chi connectivity index (χ0v) is 31.3. The minimum absolute atomic E-state index is 0.0275. The highest BCUT2D eigenvalue weighted by Gasteiger charge is 2.30. The van der Waals surface area contributed by atoms with E-state index in [1.165, 1.54) is 60.9 Å². The van der Waals surface area contributed by atoms with Gasteiger partial charge in [-0.25, -0.2) is 0 Å².